The molecule has 1 saturated carbocycles. The van der Waals surface area contributed by atoms with Gasteiger partial charge < -0.3 is 10.0 Å². The number of hydrogen-bond donors (Lipinski definition) is 1. The molecule has 1 amide bonds. The SMILES string of the molecule is CN1C[C@H]2C[C@@H](N(C)Cc3ccc(-c4cccnc4)cc3)C[C@H]2CC1=O.O=CO. The molecule has 1 aromatic carbocycles. The summed E-state index contributed by atoms with van der Waals surface area (Å²) in [6.45, 7) is 1.65. The van der Waals surface area contributed by atoms with Crippen LogP contribution in [0.25, 0.3) is 11.1 Å². The minimum absolute atomic E-state index is 0.250. The average Bonchev–Trinajstić information content (AvgIpc) is 3.13. The van der Waals surface area contributed by atoms with E-state index in [1.807, 2.05) is 24.2 Å². The molecule has 1 aromatic heterocycles. The van der Waals surface area contributed by atoms with Crippen LogP contribution in [0.4, 0.5) is 0 Å². The predicted octanol–water partition coefficient (Wildman–Crippen LogP) is 3.14. The number of rotatable bonds is 4. The monoisotopic (exact) mass is 395 g/mol. The molecule has 1 saturated heterocycles. The topological polar surface area (TPSA) is 73.7 Å². The van der Waals surface area contributed by atoms with Crippen LogP contribution in [0.3, 0.4) is 0 Å². The van der Waals surface area contributed by atoms with Gasteiger partial charge in [-0.1, -0.05) is 30.3 Å². The number of fused-ring (bicyclic) bond motifs is 1. The maximum absolute atomic E-state index is 12.0. The molecule has 6 nitrogen and oxygen atoms in total. The predicted molar refractivity (Wildman–Crippen MR) is 112 cm³/mol. The lowest BCUT2D eigenvalue weighted by molar-refractivity contribution is -0.135. The molecule has 0 radical (unpaired) electrons. The molecule has 1 aliphatic carbocycles. The van der Waals surface area contributed by atoms with Gasteiger partial charge in [0.05, 0.1) is 0 Å². The lowest BCUT2D eigenvalue weighted by Gasteiger charge is -2.31. The van der Waals surface area contributed by atoms with Crippen molar-refractivity contribution >= 4 is 12.4 Å². The molecular formula is C23H29N3O3. The summed E-state index contributed by atoms with van der Waals surface area (Å²) in [5.74, 6) is 1.58. The van der Waals surface area contributed by atoms with Gasteiger partial charge in [-0.3, -0.25) is 19.5 Å². The summed E-state index contributed by atoms with van der Waals surface area (Å²) in [4.78, 5) is 28.9. The first-order chi connectivity index (χ1) is 14.0. The summed E-state index contributed by atoms with van der Waals surface area (Å²) >= 11 is 0. The molecule has 2 aliphatic rings. The van der Waals surface area contributed by atoms with Crippen LogP contribution < -0.4 is 0 Å². The standard InChI is InChI=1S/C22H27N3O.CH2O2/c1-24(21-10-19-12-22(26)25(2)15-20(19)11-21)14-16-5-7-17(8-6-16)18-4-3-9-23-13-18;2-1-3/h3-9,13,19-21H,10-12,14-15H2,1-2H3;1H,(H,2,3)/t19-,20+,21-;/m0./s1. The summed E-state index contributed by atoms with van der Waals surface area (Å²) in [5.41, 5.74) is 3.70. The number of carbonyl (C=O) groups excluding carboxylic acids is 1. The summed E-state index contributed by atoms with van der Waals surface area (Å²) in [6, 6.07) is 13.5. The molecule has 2 aromatic rings. The third kappa shape index (κ3) is 5.21. The third-order valence-corrected chi connectivity index (χ3v) is 6.19. The van der Waals surface area contributed by atoms with Crippen molar-refractivity contribution in [1.82, 2.24) is 14.8 Å². The molecule has 3 atom stereocenters. The van der Waals surface area contributed by atoms with E-state index in [1.165, 1.54) is 17.5 Å². The van der Waals surface area contributed by atoms with Gasteiger partial charge >= 0.3 is 0 Å². The maximum Gasteiger partial charge on any atom is 0.290 e. The maximum atomic E-state index is 12.0. The molecule has 29 heavy (non-hydrogen) atoms. The van der Waals surface area contributed by atoms with E-state index in [9.17, 15) is 4.79 Å². The van der Waals surface area contributed by atoms with E-state index >= 15 is 0 Å². The Balaban J connectivity index is 0.000000755. The lowest BCUT2D eigenvalue weighted by Crippen LogP contribution is -2.39. The van der Waals surface area contributed by atoms with Crippen molar-refractivity contribution in [1.29, 1.82) is 0 Å². The van der Waals surface area contributed by atoms with Crippen LogP contribution in [-0.2, 0) is 16.1 Å². The zero-order valence-electron chi connectivity index (χ0n) is 17.1. The fraction of sp³-hybridized carbons (Fsp3) is 0.435. The number of hydrogen-bond acceptors (Lipinski definition) is 4. The highest BCUT2D eigenvalue weighted by atomic mass is 16.3. The molecule has 2 heterocycles. The van der Waals surface area contributed by atoms with Gasteiger partial charge in [-0.15, -0.1) is 0 Å². The van der Waals surface area contributed by atoms with Crippen molar-refractivity contribution in [3.8, 4) is 11.1 Å². The highest BCUT2D eigenvalue weighted by Crippen LogP contribution is 2.40. The molecule has 4 rings (SSSR count). The Kier molecular flexibility index (Phi) is 6.99. The molecule has 0 bridgehead atoms. The van der Waals surface area contributed by atoms with Crippen LogP contribution in [0, 0.1) is 11.8 Å². The van der Waals surface area contributed by atoms with Crippen molar-refractivity contribution in [3.05, 3.63) is 54.4 Å². The number of likely N-dealkylation sites (tertiary alicyclic amines) is 1. The van der Waals surface area contributed by atoms with Crippen LogP contribution in [0.5, 0.6) is 0 Å². The van der Waals surface area contributed by atoms with Crippen molar-refractivity contribution < 1.29 is 14.7 Å². The van der Waals surface area contributed by atoms with E-state index in [1.54, 1.807) is 6.20 Å². The van der Waals surface area contributed by atoms with Gasteiger partial charge in [0.2, 0.25) is 5.91 Å². The highest BCUT2D eigenvalue weighted by molar-refractivity contribution is 5.77. The number of carboxylic acid groups (broad SMARTS) is 1. The fourth-order valence-corrected chi connectivity index (χ4v) is 4.60. The quantitative estimate of drug-likeness (QED) is 0.805. The zero-order valence-corrected chi connectivity index (χ0v) is 17.1. The van der Waals surface area contributed by atoms with Gasteiger partial charge in [0.1, 0.15) is 0 Å². The normalized spacial score (nSPS) is 23.3. The molecule has 1 aliphatic heterocycles. The molecule has 1 N–H and O–H groups in total. The van der Waals surface area contributed by atoms with Gasteiger partial charge in [0.15, 0.2) is 0 Å². The number of benzene rings is 1. The van der Waals surface area contributed by atoms with E-state index in [0.717, 1.165) is 31.5 Å². The number of pyridine rings is 1. The Morgan fingerprint density at radius 3 is 2.52 bits per heavy atom. The van der Waals surface area contributed by atoms with E-state index in [-0.39, 0.29) is 6.47 Å². The van der Waals surface area contributed by atoms with Gasteiger partial charge in [-0.25, -0.2) is 0 Å². The first-order valence-electron chi connectivity index (χ1n) is 10.0. The van der Waals surface area contributed by atoms with Crippen LogP contribution in [0.2, 0.25) is 0 Å². The van der Waals surface area contributed by atoms with Gasteiger partial charge in [-0.05, 0) is 54.5 Å². The Morgan fingerprint density at radius 1 is 1.17 bits per heavy atom. The van der Waals surface area contributed by atoms with Gasteiger partial charge in [0, 0.05) is 45.0 Å². The second kappa shape index (κ2) is 9.65. The van der Waals surface area contributed by atoms with Gasteiger partial charge in [-0.2, -0.15) is 0 Å². The number of carbonyl (C=O) groups is 2. The first kappa shape index (κ1) is 21.0. The Hall–Kier alpha value is -2.73. The van der Waals surface area contributed by atoms with E-state index in [0.29, 0.717) is 23.8 Å². The van der Waals surface area contributed by atoms with Crippen LogP contribution in [-0.4, -0.2) is 59.0 Å². The van der Waals surface area contributed by atoms with E-state index < -0.39 is 0 Å². The number of aromatic nitrogens is 1. The first-order valence-corrected chi connectivity index (χ1v) is 10.0. The molecular weight excluding hydrogens is 366 g/mol. The highest BCUT2D eigenvalue weighted by Gasteiger charge is 2.41. The number of nitrogens with zero attached hydrogens (tertiary/aromatic N) is 3. The number of amides is 1. The summed E-state index contributed by atoms with van der Waals surface area (Å²) in [5, 5.41) is 6.89. The average molecular weight is 396 g/mol. The van der Waals surface area contributed by atoms with Crippen LogP contribution in [0.1, 0.15) is 24.8 Å². The summed E-state index contributed by atoms with van der Waals surface area (Å²) in [7, 11) is 4.17. The minimum atomic E-state index is -0.250. The van der Waals surface area contributed by atoms with E-state index in [2.05, 4.69) is 47.3 Å². The summed E-state index contributed by atoms with van der Waals surface area (Å²) in [6.07, 6.45) is 6.82. The fourth-order valence-electron chi connectivity index (χ4n) is 4.60. The molecule has 2 fully saturated rings. The van der Waals surface area contributed by atoms with Crippen LogP contribution >= 0.6 is 0 Å². The van der Waals surface area contributed by atoms with E-state index in [4.69, 9.17) is 9.90 Å². The second-order valence-electron chi connectivity index (χ2n) is 8.08. The van der Waals surface area contributed by atoms with Gasteiger partial charge in [0.25, 0.3) is 6.47 Å². The third-order valence-electron chi connectivity index (χ3n) is 6.19. The Morgan fingerprint density at radius 2 is 1.86 bits per heavy atom. The molecule has 6 heteroatoms. The second-order valence-corrected chi connectivity index (χ2v) is 8.08. The van der Waals surface area contributed by atoms with Crippen molar-refractivity contribution in [2.45, 2.75) is 31.8 Å². The molecule has 0 unspecified atom stereocenters. The van der Waals surface area contributed by atoms with Crippen molar-refractivity contribution in [3.63, 3.8) is 0 Å². The van der Waals surface area contributed by atoms with Crippen molar-refractivity contribution in [2.75, 3.05) is 20.6 Å². The van der Waals surface area contributed by atoms with Crippen LogP contribution in [0.15, 0.2) is 48.8 Å². The molecule has 0 spiro atoms. The summed E-state index contributed by atoms with van der Waals surface area (Å²) < 4.78 is 0. The Labute approximate surface area is 172 Å². The Bertz CT molecular complexity index is 810. The van der Waals surface area contributed by atoms with Crippen molar-refractivity contribution in [2.24, 2.45) is 11.8 Å². The minimum Gasteiger partial charge on any atom is -0.483 e. The lowest BCUT2D eigenvalue weighted by atomic mass is 9.88. The molecule has 154 valence electrons. The largest absolute Gasteiger partial charge is 0.483 e. The smallest absolute Gasteiger partial charge is 0.290 e. The zero-order chi connectivity index (χ0) is 20.8. The number of piperidine rings is 1.